The Morgan fingerprint density at radius 2 is 2.27 bits per heavy atom. The van der Waals surface area contributed by atoms with Crippen LogP contribution in [0.5, 0.6) is 5.75 Å². The van der Waals surface area contributed by atoms with E-state index in [2.05, 4.69) is 5.32 Å². The van der Waals surface area contributed by atoms with Crippen molar-refractivity contribution in [2.45, 2.75) is 38.6 Å². The van der Waals surface area contributed by atoms with Crippen LogP contribution < -0.4 is 10.1 Å². The van der Waals surface area contributed by atoms with Crippen molar-refractivity contribution in [2.24, 2.45) is 0 Å². The summed E-state index contributed by atoms with van der Waals surface area (Å²) in [6, 6.07) is 7.92. The summed E-state index contributed by atoms with van der Waals surface area (Å²) < 4.78 is 10.8. The van der Waals surface area contributed by atoms with Crippen LogP contribution in [-0.4, -0.2) is 13.0 Å². The molecule has 1 aliphatic carbocycles. The normalized spacial score (nSPS) is 16.9. The third kappa shape index (κ3) is 3.01. The van der Waals surface area contributed by atoms with E-state index in [-0.39, 0.29) is 11.9 Å². The van der Waals surface area contributed by atoms with E-state index in [1.165, 1.54) is 0 Å². The van der Waals surface area contributed by atoms with Crippen molar-refractivity contribution in [3.05, 3.63) is 53.0 Å². The van der Waals surface area contributed by atoms with Crippen molar-refractivity contribution in [2.75, 3.05) is 7.11 Å². The molecule has 1 N–H and O–H groups in total. The van der Waals surface area contributed by atoms with Gasteiger partial charge < -0.3 is 14.5 Å². The molecule has 1 unspecified atom stereocenters. The lowest BCUT2D eigenvalue weighted by Gasteiger charge is -2.22. The van der Waals surface area contributed by atoms with Crippen LogP contribution in [0.25, 0.3) is 0 Å². The SMILES string of the molecule is COc1cc(CC(=O)NC2CCCc3occc32)ccc1C. The van der Waals surface area contributed by atoms with Gasteiger partial charge in [0.05, 0.1) is 25.8 Å². The number of amides is 1. The predicted molar refractivity (Wildman–Crippen MR) is 84.0 cm³/mol. The number of aryl methyl sites for hydroxylation is 2. The van der Waals surface area contributed by atoms with Gasteiger partial charge in [0.15, 0.2) is 0 Å². The standard InChI is InChI=1S/C18H21NO3/c1-12-6-7-13(10-17(12)21-2)11-18(20)19-15-4-3-5-16-14(15)8-9-22-16/h6-10,15H,3-5,11H2,1-2H3,(H,19,20). The van der Waals surface area contributed by atoms with Crippen LogP contribution in [-0.2, 0) is 17.6 Å². The van der Waals surface area contributed by atoms with Crippen LogP contribution in [0.1, 0.15) is 41.3 Å². The monoisotopic (exact) mass is 299 g/mol. The Morgan fingerprint density at radius 1 is 1.41 bits per heavy atom. The molecule has 0 aliphatic heterocycles. The van der Waals surface area contributed by atoms with Crippen LogP contribution in [0.3, 0.4) is 0 Å². The summed E-state index contributed by atoms with van der Waals surface area (Å²) in [7, 11) is 1.65. The molecule has 4 heteroatoms. The molecule has 2 aromatic rings. The third-order valence-corrected chi connectivity index (χ3v) is 4.22. The van der Waals surface area contributed by atoms with E-state index in [0.717, 1.165) is 47.5 Å². The molecule has 0 bridgehead atoms. The molecule has 1 aromatic heterocycles. The molecular formula is C18H21NO3. The fourth-order valence-corrected chi connectivity index (χ4v) is 3.04. The van der Waals surface area contributed by atoms with Gasteiger partial charge in [-0.1, -0.05) is 12.1 Å². The summed E-state index contributed by atoms with van der Waals surface area (Å²) >= 11 is 0. The minimum Gasteiger partial charge on any atom is -0.496 e. The van der Waals surface area contributed by atoms with Crippen molar-refractivity contribution >= 4 is 5.91 Å². The van der Waals surface area contributed by atoms with E-state index in [0.29, 0.717) is 6.42 Å². The van der Waals surface area contributed by atoms with Gasteiger partial charge in [-0.05, 0) is 43.0 Å². The maximum Gasteiger partial charge on any atom is 0.224 e. The van der Waals surface area contributed by atoms with E-state index in [1.54, 1.807) is 13.4 Å². The minimum atomic E-state index is 0.0324. The highest BCUT2D eigenvalue weighted by Crippen LogP contribution is 2.30. The van der Waals surface area contributed by atoms with Crippen LogP contribution in [0.4, 0.5) is 0 Å². The Bertz CT molecular complexity index is 675. The van der Waals surface area contributed by atoms with Crippen molar-refractivity contribution in [1.29, 1.82) is 0 Å². The second kappa shape index (κ2) is 6.26. The van der Waals surface area contributed by atoms with Crippen LogP contribution in [0, 0.1) is 6.92 Å². The zero-order valence-electron chi connectivity index (χ0n) is 13.0. The third-order valence-electron chi connectivity index (χ3n) is 4.22. The molecule has 0 saturated heterocycles. The number of nitrogens with one attached hydrogen (secondary N) is 1. The van der Waals surface area contributed by atoms with Crippen molar-refractivity contribution < 1.29 is 13.9 Å². The van der Waals surface area contributed by atoms with Gasteiger partial charge in [-0.15, -0.1) is 0 Å². The average molecular weight is 299 g/mol. The summed E-state index contributed by atoms with van der Waals surface area (Å²) in [5, 5.41) is 3.12. The molecule has 0 radical (unpaired) electrons. The molecule has 116 valence electrons. The van der Waals surface area contributed by atoms with Gasteiger partial charge >= 0.3 is 0 Å². The number of hydrogen-bond donors (Lipinski definition) is 1. The number of carbonyl (C=O) groups excluding carboxylic acids is 1. The number of fused-ring (bicyclic) bond motifs is 1. The van der Waals surface area contributed by atoms with Crippen LogP contribution in [0.15, 0.2) is 34.9 Å². The first kappa shape index (κ1) is 14.7. The number of benzene rings is 1. The summed E-state index contributed by atoms with van der Waals surface area (Å²) in [6.07, 6.45) is 5.05. The summed E-state index contributed by atoms with van der Waals surface area (Å²) in [5.74, 6) is 1.86. The Balaban J connectivity index is 1.66. The van der Waals surface area contributed by atoms with Crippen molar-refractivity contribution in [3.8, 4) is 5.75 Å². The fraction of sp³-hybridized carbons (Fsp3) is 0.389. The molecule has 1 heterocycles. The molecule has 3 rings (SSSR count). The van der Waals surface area contributed by atoms with Gasteiger partial charge in [-0.2, -0.15) is 0 Å². The zero-order valence-corrected chi connectivity index (χ0v) is 13.0. The number of carbonyl (C=O) groups is 1. The van der Waals surface area contributed by atoms with Gasteiger partial charge in [-0.3, -0.25) is 4.79 Å². The summed E-state index contributed by atoms with van der Waals surface area (Å²) in [6.45, 7) is 1.99. The molecule has 1 aliphatic rings. The maximum absolute atomic E-state index is 12.3. The van der Waals surface area contributed by atoms with Gasteiger partial charge in [0, 0.05) is 12.0 Å². The van der Waals surface area contributed by atoms with E-state index in [9.17, 15) is 4.79 Å². The number of hydrogen-bond acceptors (Lipinski definition) is 3. The van der Waals surface area contributed by atoms with E-state index in [4.69, 9.17) is 9.15 Å². The topological polar surface area (TPSA) is 51.5 Å². The van der Waals surface area contributed by atoms with Gasteiger partial charge in [0.2, 0.25) is 5.91 Å². The van der Waals surface area contributed by atoms with E-state index < -0.39 is 0 Å². The smallest absolute Gasteiger partial charge is 0.224 e. The fourth-order valence-electron chi connectivity index (χ4n) is 3.04. The molecular weight excluding hydrogens is 278 g/mol. The highest BCUT2D eigenvalue weighted by molar-refractivity contribution is 5.79. The average Bonchev–Trinajstić information content (AvgIpc) is 2.99. The number of rotatable bonds is 4. The molecule has 0 fully saturated rings. The molecule has 1 atom stereocenters. The first-order chi connectivity index (χ1) is 10.7. The summed E-state index contributed by atoms with van der Waals surface area (Å²) in [4.78, 5) is 12.3. The van der Waals surface area contributed by atoms with Crippen molar-refractivity contribution in [1.82, 2.24) is 5.32 Å². The Labute approximate surface area is 130 Å². The zero-order chi connectivity index (χ0) is 15.5. The predicted octanol–water partition coefficient (Wildman–Crippen LogP) is 3.33. The Hall–Kier alpha value is -2.23. The Kier molecular flexibility index (Phi) is 4.18. The highest BCUT2D eigenvalue weighted by atomic mass is 16.5. The van der Waals surface area contributed by atoms with Gasteiger partial charge in [0.1, 0.15) is 11.5 Å². The van der Waals surface area contributed by atoms with Gasteiger partial charge in [0.25, 0.3) is 0 Å². The molecule has 1 aromatic carbocycles. The van der Waals surface area contributed by atoms with Gasteiger partial charge in [-0.25, -0.2) is 0 Å². The number of methoxy groups -OCH3 is 1. The van der Waals surface area contributed by atoms with E-state index in [1.807, 2.05) is 31.2 Å². The minimum absolute atomic E-state index is 0.0324. The first-order valence-electron chi connectivity index (χ1n) is 7.66. The quantitative estimate of drug-likeness (QED) is 0.942. The summed E-state index contributed by atoms with van der Waals surface area (Å²) in [5.41, 5.74) is 3.16. The molecule has 1 amide bonds. The van der Waals surface area contributed by atoms with Crippen LogP contribution >= 0.6 is 0 Å². The number of ether oxygens (including phenoxy) is 1. The molecule has 22 heavy (non-hydrogen) atoms. The second-order valence-corrected chi connectivity index (χ2v) is 5.79. The largest absolute Gasteiger partial charge is 0.496 e. The first-order valence-corrected chi connectivity index (χ1v) is 7.66. The van der Waals surface area contributed by atoms with Crippen LogP contribution in [0.2, 0.25) is 0 Å². The lowest BCUT2D eigenvalue weighted by atomic mass is 9.93. The Morgan fingerprint density at radius 3 is 3.09 bits per heavy atom. The maximum atomic E-state index is 12.3. The highest BCUT2D eigenvalue weighted by Gasteiger charge is 2.23. The second-order valence-electron chi connectivity index (χ2n) is 5.79. The van der Waals surface area contributed by atoms with E-state index >= 15 is 0 Å². The lowest BCUT2D eigenvalue weighted by molar-refractivity contribution is -0.121. The molecule has 0 saturated carbocycles. The number of furan rings is 1. The lowest BCUT2D eigenvalue weighted by Crippen LogP contribution is -2.31. The molecule has 4 nitrogen and oxygen atoms in total. The molecule has 0 spiro atoms. The van der Waals surface area contributed by atoms with Crippen molar-refractivity contribution in [3.63, 3.8) is 0 Å².